The van der Waals surface area contributed by atoms with Crippen molar-refractivity contribution in [3.05, 3.63) is 63.5 Å². The van der Waals surface area contributed by atoms with Gasteiger partial charge in [-0.3, -0.25) is 4.98 Å². The number of aromatic nitrogens is 1. The minimum absolute atomic E-state index is 0.0156. The number of aliphatic hydroxyl groups excluding tert-OH is 2. The van der Waals surface area contributed by atoms with E-state index in [4.69, 9.17) is 9.72 Å². The normalized spacial score (nSPS) is 22.4. The third kappa shape index (κ3) is 4.50. The summed E-state index contributed by atoms with van der Waals surface area (Å²) in [4.78, 5) is 5.17. The monoisotopic (exact) mass is 437 g/mol. The standard InChI is InChI=1S/C28H39NO3/c1-17-23-21(15-28(5,6)16-22(23)30)29-25(18-11-13-32-14-12-18)24(17)26(31)19-7-9-20(10-8-19)27(2,3)4/h7-10,18,22,26,30-31H,11-16H2,1-6H3. The van der Waals surface area contributed by atoms with Crippen LogP contribution in [0, 0.1) is 12.3 Å². The highest BCUT2D eigenvalue weighted by molar-refractivity contribution is 5.48. The van der Waals surface area contributed by atoms with E-state index in [2.05, 4.69) is 53.7 Å². The van der Waals surface area contributed by atoms with Crippen molar-refractivity contribution in [1.82, 2.24) is 4.98 Å². The lowest BCUT2D eigenvalue weighted by Gasteiger charge is -2.37. The molecule has 4 nitrogen and oxygen atoms in total. The minimum atomic E-state index is -0.762. The lowest BCUT2D eigenvalue weighted by atomic mass is 9.72. The van der Waals surface area contributed by atoms with E-state index in [1.165, 1.54) is 5.56 Å². The summed E-state index contributed by atoms with van der Waals surface area (Å²) in [6, 6.07) is 8.31. The Kier molecular flexibility index (Phi) is 6.26. The highest BCUT2D eigenvalue weighted by Crippen LogP contribution is 2.45. The van der Waals surface area contributed by atoms with Gasteiger partial charge >= 0.3 is 0 Å². The Bertz CT molecular complexity index is 966. The first-order valence-electron chi connectivity index (χ1n) is 12.1. The second-order valence-corrected chi connectivity index (χ2v) is 11.6. The summed E-state index contributed by atoms with van der Waals surface area (Å²) in [6.45, 7) is 14.5. The van der Waals surface area contributed by atoms with Crippen LogP contribution >= 0.6 is 0 Å². The van der Waals surface area contributed by atoms with Crippen LogP contribution in [0.4, 0.5) is 0 Å². The number of hydrogen-bond acceptors (Lipinski definition) is 4. The summed E-state index contributed by atoms with van der Waals surface area (Å²) in [5.74, 6) is 0.272. The summed E-state index contributed by atoms with van der Waals surface area (Å²) >= 11 is 0. The van der Waals surface area contributed by atoms with Gasteiger partial charge in [0.05, 0.1) is 11.8 Å². The molecule has 0 radical (unpaired) electrons. The fourth-order valence-electron chi connectivity index (χ4n) is 5.51. The first kappa shape index (κ1) is 23.4. The predicted molar refractivity (Wildman–Crippen MR) is 128 cm³/mol. The molecule has 2 aliphatic rings. The maximum atomic E-state index is 11.6. The molecule has 0 bridgehead atoms. The lowest BCUT2D eigenvalue weighted by molar-refractivity contribution is 0.0823. The zero-order chi connectivity index (χ0) is 23.3. The Labute approximate surface area is 193 Å². The maximum absolute atomic E-state index is 11.6. The molecule has 2 unspecified atom stereocenters. The van der Waals surface area contributed by atoms with E-state index in [1.54, 1.807) is 0 Å². The first-order chi connectivity index (χ1) is 15.0. The quantitative estimate of drug-likeness (QED) is 0.649. The van der Waals surface area contributed by atoms with Crippen molar-refractivity contribution < 1.29 is 14.9 Å². The molecule has 1 aliphatic carbocycles. The van der Waals surface area contributed by atoms with Gasteiger partial charge in [-0.1, -0.05) is 58.9 Å². The molecule has 1 aromatic carbocycles. The molecule has 32 heavy (non-hydrogen) atoms. The number of ether oxygens (including phenoxy) is 1. The fourth-order valence-corrected chi connectivity index (χ4v) is 5.51. The van der Waals surface area contributed by atoms with Crippen LogP contribution in [-0.2, 0) is 16.6 Å². The van der Waals surface area contributed by atoms with E-state index in [9.17, 15) is 10.2 Å². The van der Waals surface area contributed by atoms with Crippen LogP contribution in [-0.4, -0.2) is 28.4 Å². The molecule has 2 heterocycles. The third-order valence-electron chi connectivity index (χ3n) is 7.35. The van der Waals surface area contributed by atoms with Gasteiger partial charge in [-0.25, -0.2) is 0 Å². The lowest BCUT2D eigenvalue weighted by Crippen LogP contribution is -2.30. The number of aliphatic hydroxyl groups is 2. The Hall–Kier alpha value is -1.75. The van der Waals surface area contributed by atoms with E-state index >= 15 is 0 Å². The molecular formula is C28H39NO3. The molecule has 174 valence electrons. The van der Waals surface area contributed by atoms with Gasteiger partial charge < -0.3 is 14.9 Å². The van der Waals surface area contributed by atoms with Crippen molar-refractivity contribution in [2.24, 2.45) is 5.41 Å². The average molecular weight is 438 g/mol. The first-order valence-corrected chi connectivity index (χ1v) is 12.1. The molecular weight excluding hydrogens is 398 g/mol. The van der Waals surface area contributed by atoms with Gasteiger partial charge in [0.1, 0.15) is 6.10 Å². The van der Waals surface area contributed by atoms with Gasteiger partial charge in [0, 0.05) is 36.0 Å². The molecule has 1 saturated heterocycles. The molecule has 0 spiro atoms. The molecule has 2 N–H and O–H groups in total. The van der Waals surface area contributed by atoms with Crippen molar-refractivity contribution in [2.45, 2.75) is 90.8 Å². The number of benzene rings is 1. The van der Waals surface area contributed by atoms with Gasteiger partial charge in [-0.15, -0.1) is 0 Å². The van der Waals surface area contributed by atoms with Gasteiger partial charge in [-0.05, 0) is 60.1 Å². The van der Waals surface area contributed by atoms with Gasteiger partial charge in [-0.2, -0.15) is 0 Å². The van der Waals surface area contributed by atoms with Crippen LogP contribution < -0.4 is 0 Å². The average Bonchev–Trinajstić information content (AvgIpc) is 2.72. The predicted octanol–water partition coefficient (Wildman–Crippen LogP) is 5.67. The van der Waals surface area contributed by atoms with Gasteiger partial charge in [0.2, 0.25) is 0 Å². The summed E-state index contributed by atoms with van der Waals surface area (Å²) in [5.41, 5.74) is 7.04. The zero-order valence-electron chi connectivity index (χ0n) is 20.5. The third-order valence-corrected chi connectivity index (χ3v) is 7.35. The highest BCUT2D eigenvalue weighted by Gasteiger charge is 2.37. The highest BCUT2D eigenvalue weighted by atomic mass is 16.5. The number of pyridine rings is 1. The van der Waals surface area contributed by atoms with Crippen molar-refractivity contribution in [1.29, 1.82) is 0 Å². The summed E-state index contributed by atoms with van der Waals surface area (Å²) in [6.07, 6.45) is 2.10. The fraction of sp³-hybridized carbons (Fsp3) is 0.607. The Morgan fingerprint density at radius 2 is 1.72 bits per heavy atom. The Morgan fingerprint density at radius 1 is 1.09 bits per heavy atom. The van der Waals surface area contributed by atoms with Gasteiger partial charge in [0.25, 0.3) is 0 Å². The Morgan fingerprint density at radius 3 is 2.31 bits per heavy atom. The maximum Gasteiger partial charge on any atom is 0.106 e. The van der Waals surface area contributed by atoms with E-state index in [0.717, 1.165) is 72.5 Å². The van der Waals surface area contributed by atoms with E-state index in [1.807, 2.05) is 12.1 Å². The summed E-state index contributed by atoms with van der Waals surface area (Å²) in [5, 5.41) is 22.7. The topological polar surface area (TPSA) is 62.6 Å². The van der Waals surface area contributed by atoms with Crippen molar-refractivity contribution in [2.75, 3.05) is 13.2 Å². The van der Waals surface area contributed by atoms with E-state index < -0.39 is 12.2 Å². The molecule has 1 aliphatic heterocycles. The molecule has 0 saturated carbocycles. The molecule has 2 aromatic rings. The molecule has 4 heteroatoms. The molecule has 0 amide bonds. The van der Waals surface area contributed by atoms with Gasteiger partial charge in [0.15, 0.2) is 0 Å². The van der Waals surface area contributed by atoms with Crippen LogP contribution in [0.5, 0.6) is 0 Å². The molecule has 1 fully saturated rings. The number of rotatable bonds is 3. The van der Waals surface area contributed by atoms with E-state index in [0.29, 0.717) is 0 Å². The van der Waals surface area contributed by atoms with Crippen LogP contribution in [0.15, 0.2) is 24.3 Å². The zero-order valence-corrected chi connectivity index (χ0v) is 20.5. The molecule has 2 atom stereocenters. The van der Waals surface area contributed by atoms with Crippen LogP contribution in [0.1, 0.15) is 111 Å². The Balaban J connectivity index is 1.83. The molecule has 1 aromatic heterocycles. The second-order valence-electron chi connectivity index (χ2n) is 11.6. The van der Waals surface area contributed by atoms with Crippen molar-refractivity contribution in [3.63, 3.8) is 0 Å². The smallest absolute Gasteiger partial charge is 0.106 e. The van der Waals surface area contributed by atoms with Crippen LogP contribution in [0.2, 0.25) is 0 Å². The molecule has 4 rings (SSSR count). The van der Waals surface area contributed by atoms with Crippen LogP contribution in [0.3, 0.4) is 0 Å². The second kappa shape index (κ2) is 8.55. The summed E-state index contributed by atoms with van der Waals surface area (Å²) < 4.78 is 5.61. The SMILES string of the molecule is Cc1c2c(nc(C3CCOCC3)c1C(O)c1ccc(C(C)(C)C)cc1)CC(C)(C)CC2O. The van der Waals surface area contributed by atoms with Crippen molar-refractivity contribution >= 4 is 0 Å². The van der Waals surface area contributed by atoms with E-state index in [-0.39, 0.29) is 16.7 Å². The number of hydrogen-bond donors (Lipinski definition) is 2. The number of nitrogens with zero attached hydrogens (tertiary/aromatic N) is 1. The number of fused-ring (bicyclic) bond motifs is 1. The van der Waals surface area contributed by atoms with Crippen molar-refractivity contribution in [3.8, 4) is 0 Å². The summed E-state index contributed by atoms with van der Waals surface area (Å²) in [7, 11) is 0. The van der Waals surface area contributed by atoms with Crippen LogP contribution in [0.25, 0.3) is 0 Å². The largest absolute Gasteiger partial charge is 0.388 e. The minimum Gasteiger partial charge on any atom is -0.388 e.